The number of aryl methyl sites for hydroxylation is 8. The zero-order chi connectivity index (χ0) is 52.8. The van der Waals surface area contributed by atoms with Crippen LogP contribution in [0, 0.1) is 55.4 Å². The number of pyridine rings is 2. The van der Waals surface area contributed by atoms with Crippen LogP contribution in [0.4, 0.5) is 0 Å². The first-order valence-corrected chi connectivity index (χ1v) is 27.2. The van der Waals surface area contributed by atoms with Crippen LogP contribution < -0.4 is 0 Å². The largest absolute Gasteiger partial charge is 0.308 e. The first kappa shape index (κ1) is 45.8. The Morgan fingerprint density at radius 2 is 0.590 bits per heavy atom. The Morgan fingerprint density at radius 1 is 0.256 bits per heavy atom. The molecule has 0 aliphatic carbocycles. The monoisotopic (exact) mass is 1000 g/mol. The van der Waals surface area contributed by atoms with E-state index in [-0.39, 0.29) is 0 Å². The number of fused-ring (bicyclic) bond motifs is 12. The van der Waals surface area contributed by atoms with Crippen LogP contribution in [-0.2, 0) is 0 Å². The number of benzene rings is 9. The van der Waals surface area contributed by atoms with E-state index < -0.39 is 0 Å². The second-order valence-electron chi connectivity index (χ2n) is 21.9. The second-order valence-corrected chi connectivity index (χ2v) is 21.9. The lowest BCUT2D eigenvalue weighted by molar-refractivity contribution is 1.03. The van der Waals surface area contributed by atoms with Gasteiger partial charge in [0, 0.05) is 82.6 Å². The highest BCUT2D eigenvalue weighted by Gasteiger charge is 2.36. The van der Waals surface area contributed by atoms with Gasteiger partial charge in [-0.05, 0) is 152 Å². The SMILES string of the molecule is Cc1ccc2c(c1)c1ccccc1n2-c1c(-c2cc(C)nc(C)c2)c(-n2c3ccccc3c3cc(C)ccc32)c(-n2c3ccccc3c3cc(C)ccc32)c(-n2c3ccccc3c3cc(C)ccc32)c1-c1ccc(C)nc1C. The van der Waals surface area contributed by atoms with Gasteiger partial charge in [0.25, 0.3) is 0 Å². The molecule has 0 fully saturated rings. The predicted molar refractivity (Wildman–Crippen MR) is 328 cm³/mol. The molecule has 0 aliphatic heterocycles. The van der Waals surface area contributed by atoms with Crippen LogP contribution in [0.5, 0.6) is 0 Å². The summed E-state index contributed by atoms with van der Waals surface area (Å²) in [5, 5.41) is 9.57. The molecule has 374 valence electrons. The van der Waals surface area contributed by atoms with Gasteiger partial charge in [0.15, 0.2) is 0 Å². The third-order valence-electron chi connectivity index (χ3n) is 16.5. The zero-order valence-corrected chi connectivity index (χ0v) is 45.2. The van der Waals surface area contributed by atoms with E-state index >= 15 is 0 Å². The maximum Gasteiger partial charge on any atom is 0.0961 e. The summed E-state index contributed by atoms with van der Waals surface area (Å²) in [6.07, 6.45) is 0. The minimum atomic E-state index is 0.947. The number of aromatic nitrogens is 6. The lowest BCUT2D eigenvalue weighted by atomic mass is 9.88. The summed E-state index contributed by atoms with van der Waals surface area (Å²) in [4.78, 5) is 10.6. The number of hydrogen-bond donors (Lipinski definition) is 0. The Balaban J connectivity index is 1.37. The molecule has 0 unspecified atom stereocenters. The molecule has 0 saturated heterocycles. The molecule has 15 rings (SSSR count). The molecule has 9 aromatic carbocycles. The Bertz CT molecular complexity index is 5050. The van der Waals surface area contributed by atoms with E-state index in [2.05, 4.69) is 268 Å². The van der Waals surface area contributed by atoms with Gasteiger partial charge in [-0.25, -0.2) is 0 Å². The fourth-order valence-electron chi connectivity index (χ4n) is 13.3. The van der Waals surface area contributed by atoms with Crippen LogP contribution in [0.2, 0.25) is 0 Å². The van der Waals surface area contributed by atoms with E-state index in [4.69, 9.17) is 9.97 Å². The minimum Gasteiger partial charge on any atom is -0.308 e. The third kappa shape index (κ3) is 6.62. The normalized spacial score (nSPS) is 12.1. The predicted octanol–water partition coefficient (Wildman–Crippen LogP) is 18.7. The molecule has 0 radical (unpaired) electrons. The van der Waals surface area contributed by atoms with Crippen molar-refractivity contribution in [3.8, 4) is 45.0 Å². The van der Waals surface area contributed by atoms with Gasteiger partial charge in [0.05, 0.1) is 66.9 Å². The number of hydrogen-bond acceptors (Lipinski definition) is 2. The van der Waals surface area contributed by atoms with E-state index in [9.17, 15) is 0 Å². The van der Waals surface area contributed by atoms with Crippen molar-refractivity contribution in [1.29, 1.82) is 0 Å². The van der Waals surface area contributed by atoms with Crippen molar-refractivity contribution >= 4 is 87.2 Å². The molecule has 6 nitrogen and oxygen atoms in total. The smallest absolute Gasteiger partial charge is 0.0961 e. The standard InChI is InChI=1S/C72H56N6/c1-41-25-31-63-55(35-41)51-17-9-13-21-59(51)75(63)69-67(49-39-46(6)73-47(7)40-49)70(76-60-22-14-10-18-52(60)56-36-42(2)26-32-64(56)76)72(78-62-24-16-12-20-54(62)58-38-44(4)28-34-66(58)78)71(68(69)50-30-29-45(5)74-48(50)8)77-61-23-15-11-19-53(61)57-37-43(3)27-33-65(57)77/h9-40H,1-8H3. The van der Waals surface area contributed by atoms with E-state index in [1.165, 1.54) is 65.3 Å². The van der Waals surface area contributed by atoms with Gasteiger partial charge in [-0.1, -0.05) is 125 Å². The van der Waals surface area contributed by atoms with Crippen LogP contribution in [0.3, 0.4) is 0 Å². The average Bonchev–Trinajstić information content (AvgIpc) is 4.09. The number of rotatable bonds is 6. The van der Waals surface area contributed by atoms with Gasteiger partial charge >= 0.3 is 0 Å². The van der Waals surface area contributed by atoms with Crippen molar-refractivity contribution in [3.05, 3.63) is 239 Å². The first-order chi connectivity index (χ1) is 38.0. The van der Waals surface area contributed by atoms with Gasteiger partial charge in [0.1, 0.15) is 0 Å². The van der Waals surface area contributed by atoms with Crippen molar-refractivity contribution in [2.75, 3.05) is 0 Å². The lowest BCUT2D eigenvalue weighted by Gasteiger charge is -2.32. The van der Waals surface area contributed by atoms with Crippen LogP contribution >= 0.6 is 0 Å². The highest BCUT2D eigenvalue weighted by atomic mass is 15.1. The Morgan fingerprint density at radius 3 is 0.974 bits per heavy atom. The maximum absolute atomic E-state index is 5.42. The number of para-hydroxylation sites is 4. The molecule has 0 aliphatic rings. The van der Waals surface area contributed by atoms with E-state index in [0.29, 0.717) is 0 Å². The van der Waals surface area contributed by atoms with Crippen molar-refractivity contribution in [2.24, 2.45) is 0 Å². The molecule has 0 bridgehead atoms. The Kier molecular flexibility index (Phi) is 9.99. The summed E-state index contributed by atoms with van der Waals surface area (Å²) in [5.41, 5.74) is 26.1. The topological polar surface area (TPSA) is 45.5 Å². The summed E-state index contributed by atoms with van der Waals surface area (Å²) in [7, 11) is 0. The molecule has 0 spiro atoms. The van der Waals surface area contributed by atoms with Gasteiger partial charge in [0.2, 0.25) is 0 Å². The quantitative estimate of drug-likeness (QED) is 0.167. The van der Waals surface area contributed by atoms with Crippen molar-refractivity contribution < 1.29 is 0 Å². The molecule has 0 saturated carbocycles. The van der Waals surface area contributed by atoms with E-state index in [0.717, 1.165) is 112 Å². The molecule has 15 aromatic rings. The van der Waals surface area contributed by atoms with E-state index in [1.54, 1.807) is 0 Å². The molecule has 0 atom stereocenters. The fourth-order valence-corrected chi connectivity index (χ4v) is 13.3. The molecule has 6 aromatic heterocycles. The molecule has 6 heterocycles. The molecule has 6 heteroatoms. The molecular formula is C72H56N6. The van der Waals surface area contributed by atoms with E-state index in [1.807, 2.05) is 0 Å². The van der Waals surface area contributed by atoms with Gasteiger partial charge in [-0.2, -0.15) is 0 Å². The molecule has 78 heavy (non-hydrogen) atoms. The van der Waals surface area contributed by atoms with Crippen LogP contribution in [0.25, 0.3) is 132 Å². The van der Waals surface area contributed by atoms with Gasteiger partial charge in [-0.3, -0.25) is 9.97 Å². The summed E-state index contributed by atoms with van der Waals surface area (Å²) in [5.74, 6) is 0. The fraction of sp³-hybridized carbons (Fsp3) is 0.111. The van der Waals surface area contributed by atoms with Gasteiger partial charge in [-0.15, -0.1) is 0 Å². The van der Waals surface area contributed by atoms with Crippen molar-refractivity contribution in [2.45, 2.75) is 55.4 Å². The minimum absolute atomic E-state index is 0.947. The highest BCUT2D eigenvalue weighted by molar-refractivity contribution is 6.19. The van der Waals surface area contributed by atoms with Gasteiger partial charge < -0.3 is 18.3 Å². The highest BCUT2D eigenvalue weighted by Crippen LogP contribution is 2.55. The summed E-state index contributed by atoms with van der Waals surface area (Å²) in [6, 6.07) is 73.2. The maximum atomic E-state index is 5.42. The van der Waals surface area contributed by atoms with Crippen LogP contribution in [-0.4, -0.2) is 28.2 Å². The molecule has 0 amide bonds. The second kappa shape index (κ2) is 17.0. The molecule has 0 N–H and O–H groups in total. The van der Waals surface area contributed by atoms with Crippen molar-refractivity contribution in [1.82, 2.24) is 28.2 Å². The summed E-state index contributed by atoms with van der Waals surface area (Å²) in [6.45, 7) is 17.4. The number of nitrogens with zero attached hydrogens (tertiary/aromatic N) is 6. The lowest BCUT2D eigenvalue weighted by Crippen LogP contribution is -2.16. The van der Waals surface area contributed by atoms with Crippen LogP contribution in [0.1, 0.15) is 45.0 Å². The molecular weight excluding hydrogens is 949 g/mol. The first-order valence-electron chi connectivity index (χ1n) is 27.2. The summed E-state index contributed by atoms with van der Waals surface area (Å²) < 4.78 is 10.4. The average molecular weight is 1010 g/mol. The Hall–Kier alpha value is -9.52. The third-order valence-corrected chi connectivity index (χ3v) is 16.5. The zero-order valence-electron chi connectivity index (χ0n) is 45.2. The van der Waals surface area contributed by atoms with Crippen LogP contribution in [0.15, 0.2) is 194 Å². The van der Waals surface area contributed by atoms with Crippen molar-refractivity contribution in [3.63, 3.8) is 0 Å². The Labute approximate surface area is 452 Å². The summed E-state index contributed by atoms with van der Waals surface area (Å²) >= 11 is 0.